The minimum absolute atomic E-state index is 0.444. The Balaban J connectivity index is 1.27. The number of fused-ring (bicyclic) bond motifs is 2. The summed E-state index contributed by atoms with van der Waals surface area (Å²) in [4.78, 5) is 13.9. The number of halogens is 1. The van der Waals surface area contributed by atoms with E-state index in [1.54, 1.807) is 18.4 Å². The first-order valence-corrected chi connectivity index (χ1v) is 8.69. The van der Waals surface area contributed by atoms with Gasteiger partial charge in [0, 0.05) is 17.0 Å². The molecule has 0 saturated carbocycles. The summed E-state index contributed by atoms with van der Waals surface area (Å²) in [5.74, 6) is 0.0692. The molecule has 2 heterocycles. The summed E-state index contributed by atoms with van der Waals surface area (Å²) < 4.78 is 16.3. The molecule has 0 aliphatic carbocycles. The van der Waals surface area contributed by atoms with Crippen molar-refractivity contribution in [1.82, 2.24) is 10.3 Å². The number of hydrogen-bond donors (Lipinski definition) is 2. The van der Waals surface area contributed by atoms with Crippen LogP contribution in [0.2, 0.25) is 5.02 Å². The van der Waals surface area contributed by atoms with Crippen molar-refractivity contribution in [3.05, 3.63) is 63.8 Å². The lowest BCUT2D eigenvalue weighted by molar-refractivity contribution is 0.313. The fourth-order valence-electron chi connectivity index (χ4n) is 2.89. The van der Waals surface area contributed by atoms with E-state index >= 15 is 0 Å². The summed E-state index contributed by atoms with van der Waals surface area (Å²) in [6.45, 7) is 1.92. The van der Waals surface area contributed by atoms with E-state index in [1.807, 2.05) is 24.3 Å². The Morgan fingerprint density at radius 2 is 2.12 bits per heavy atom. The minimum atomic E-state index is -0.485. The number of H-pyrrole nitrogens is 1. The fraction of sp³-hybridized carbons (Fsp3) is 0.211. The smallest absolute Gasteiger partial charge is 0.417 e. The van der Waals surface area contributed by atoms with Gasteiger partial charge in [0.2, 0.25) is 0 Å². The van der Waals surface area contributed by atoms with Crippen LogP contribution in [0, 0.1) is 0 Å². The third-order valence-electron chi connectivity index (χ3n) is 4.13. The molecule has 0 fully saturated rings. The van der Waals surface area contributed by atoms with E-state index in [0.29, 0.717) is 35.0 Å². The van der Waals surface area contributed by atoms with Gasteiger partial charge in [-0.1, -0.05) is 17.7 Å². The van der Waals surface area contributed by atoms with Gasteiger partial charge in [0.25, 0.3) is 0 Å². The van der Waals surface area contributed by atoms with Crippen molar-refractivity contribution in [1.29, 1.82) is 0 Å². The van der Waals surface area contributed by atoms with Crippen LogP contribution in [-0.2, 0) is 6.42 Å². The maximum absolute atomic E-state index is 11.3. The van der Waals surface area contributed by atoms with Gasteiger partial charge in [-0.3, -0.25) is 4.98 Å². The summed E-state index contributed by atoms with van der Waals surface area (Å²) in [5.41, 5.74) is 3.04. The third kappa shape index (κ3) is 3.47. The normalized spacial score (nSPS) is 11.4. The van der Waals surface area contributed by atoms with Crippen LogP contribution in [0.1, 0.15) is 5.56 Å². The zero-order valence-electron chi connectivity index (χ0n) is 13.9. The number of aromatic nitrogens is 1. The van der Waals surface area contributed by atoms with Gasteiger partial charge in [0.05, 0.1) is 11.8 Å². The molecule has 4 aromatic rings. The molecule has 0 bridgehead atoms. The number of nitrogens with one attached hydrogen (secondary N) is 2. The highest BCUT2D eigenvalue weighted by molar-refractivity contribution is 6.31. The van der Waals surface area contributed by atoms with Crippen molar-refractivity contribution in [3.8, 4) is 5.75 Å². The second-order valence-electron chi connectivity index (χ2n) is 5.90. The summed E-state index contributed by atoms with van der Waals surface area (Å²) in [6.07, 6.45) is 2.60. The molecular weight excluding hydrogens is 356 g/mol. The molecule has 0 aliphatic heterocycles. The van der Waals surface area contributed by atoms with Crippen LogP contribution in [0.4, 0.5) is 0 Å². The Bertz CT molecular complexity index is 1100. The topological polar surface area (TPSA) is 80.4 Å². The molecular formula is C19H17ClN2O4. The number of rotatable bonds is 7. The number of hydrogen-bond acceptors (Lipinski definition) is 5. The first kappa shape index (κ1) is 16.8. The van der Waals surface area contributed by atoms with Crippen LogP contribution in [0.5, 0.6) is 5.75 Å². The predicted molar refractivity (Wildman–Crippen MR) is 100 cm³/mol. The number of aromatic amines is 1. The standard InChI is InChI=1S/C19H17ClN2O4/c20-13-4-5-16-14(10-13)12(11-25-16)6-7-21-8-9-24-17-3-1-2-15-18(17)26-19(23)22-15/h1-5,10-11,21H,6-9H2,(H,22,23). The maximum atomic E-state index is 11.3. The van der Waals surface area contributed by atoms with E-state index in [-0.39, 0.29) is 0 Å². The summed E-state index contributed by atoms with van der Waals surface area (Å²) in [5, 5.41) is 5.07. The minimum Gasteiger partial charge on any atom is -0.488 e. The first-order valence-electron chi connectivity index (χ1n) is 8.32. The Kier molecular flexibility index (Phi) is 4.69. The van der Waals surface area contributed by atoms with E-state index in [2.05, 4.69) is 10.3 Å². The fourth-order valence-corrected chi connectivity index (χ4v) is 3.06. The van der Waals surface area contributed by atoms with Gasteiger partial charge in [0.1, 0.15) is 12.2 Å². The SMILES string of the molecule is O=c1[nH]c2cccc(OCCNCCc3coc4ccc(Cl)cc34)c2o1. The van der Waals surface area contributed by atoms with Gasteiger partial charge in [-0.15, -0.1) is 0 Å². The van der Waals surface area contributed by atoms with Crippen molar-refractivity contribution in [2.45, 2.75) is 6.42 Å². The molecule has 2 aromatic heterocycles. The highest BCUT2D eigenvalue weighted by Gasteiger charge is 2.08. The summed E-state index contributed by atoms with van der Waals surface area (Å²) in [6, 6.07) is 11.0. The van der Waals surface area contributed by atoms with E-state index in [1.165, 1.54) is 0 Å². The van der Waals surface area contributed by atoms with Crippen molar-refractivity contribution < 1.29 is 13.6 Å². The number of para-hydroxylation sites is 1. The summed E-state index contributed by atoms with van der Waals surface area (Å²) in [7, 11) is 0. The molecule has 7 heteroatoms. The maximum Gasteiger partial charge on any atom is 0.417 e. The Labute approximate surface area is 153 Å². The van der Waals surface area contributed by atoms with Gasteiger partial charge in [0.15, 0.2) is 11.3 Å². The lowest BCUT2D eigenvalue weighted by atomic mass is 10.1. The van der Waals surface area contributed by atoms with E-state index in [4.69, 9.17) is 25.2 Å². The Morgan fingerprint density at radius 3 is 3.04 bits per heavy atom. The second-order valence-corrected chi connectivity index (χ2v) is 6.33. The van der Waals surface area contributed by atoms with Crippen LogP contribution in [-0.4, -0.2) is 24.7 Å². The van der Waals surface area contributed by atoms with Crippen molar-refractivity contribution in [2.24, 2.45) is 0 Å². The van der Waals surface area contributed by atoms with Crippen LogP contribution in [0.15, 0.2) is 56.3 Å². The lowest BCUT2D eigenvalue weighted by Crippen LogP contribution is -2.23. The molecule has 2 N–H and O–H groups in total. The molecule has 0 spiro atoms. The van der Waals surface area contributed by atoms with Crippen molar-refractivity contribution in [2.75, 3.05) is 19.7 Å². The molecule has 0 radical (unpaired) electrons. The number of benzene rings is 2. The lowest BCUT2D eigenvalue weighted by Gasteiger charge is -2.07. The van der Waals surface area contributed by atoms with E-state index < -0.39 is 5.76 Å². The first-order chi connectivity index (χ1) is 12.7. The van der Waals surface area contributed by atoms with Crippen LogP contribution in [0.3, 0.4) is 0 Å². The van der Waals surface area contributed by atoms with Gasteiger partial charge in [-0.05, 0) is 48.9 Å². The predicted octanol–water partition coefficient (Wildman–Crippen LogP) is 3.73. The highest BCUT2D eigenvalue weighted by Crippen LogP contribution is 2.25. The molecule has 0 unspecified atom stereocenters. The van der Waals surface area contributed by atoms with Gasteiger partial charge in [-0.2, -0.15) is 0 Å². The zero-order chi connectivity index (χ0) is 17.9. The van der Waals surface area contributed by atoms with Crippen LogP contribution < -0.4 is 15.8 Å². The van der Waals surface area contributed by atoms with Crippen molar-refractivity contribution in [3.63, 3.8) is 0 Å². The molecule has 6 nitrogen and oxygen atoms in total. The third-order valence-corrected chi connectivity index (χ3v) is 4.37. The highest BCUT2D eigenvalue weighted by atomic mass is 35.5. The monoisotopic (exact) mass is 372 g/mol. The quantitative estimate of drug-likeness (QED) is 0.483. The van der Waals surface area contributed by atoms with E-state index in [0.717, 1.165) is 29.5 Å². The van der Waals surface area contributed by atoms with Gasteiger partial charge >= 0.3 is 5.76 Å². The summed E-state index contributed by atoms with van der Waals surface area (Å²) >= 11 is 6.05. The van der Waals surface area contributed by atoms with Crippen molar-refractivity contribution >= 4 is 33.7 Å². The van der Waals surface area contributed by atoms with Crippen LogP contribution in [0.25, 0.3) is 22.1 Å². The average Bonchev–Trinajstić information content (AvgIpc) is 3.20. The molecule has 0 aliphatic rings. The zero-order valence-corrected chi connectivity index (χ0v) is 14.6. The molecule has 4 rings (SSSR count). The largest absolute Gasteiger partial charge is 0.488 e. The molecule has 2 aromatic carbocycles. The molecule has 134 valence electrons. The number of ether oxygens (including phenoxy) is 1. The van der Waals surface area contributed by atoms with E-state index in [9.17, 15) is 4.79 Å². The van der Waals surface area contributed by atoms with Crippen LogP contribution >= 0.6 is 11.6 Å². The molecule has 0 saturated heterocycles. The molecule has 0 atom stereocenters. The Hall–Kier alpha value is -2.70. The molecule has 26 heavy (non-hydrogen) atoms. The average molecular weight is 373 g/mol. The van der Waals surface area contributed by atoms with Gasteiger partial charge in [-0.25, -0.2) is 4.79 Å². The number of oxazole rings is 1. The van der Waals surface area contributed by atoms with Gasteiger partial charge < -0.3 is 18.9 Å². The molecule has 0 amide bonds. The number of furan rings is 1. The second kappa shape index (κ2) is 7.27. The Morgan fingerprint density at radius 1 is 1.19 bits per heavy atom.